The van der Waals surface area contributed by atoms with Crippen molar-refractivity contribution in [1.29, 1.82) is 5.41 Å². The summed E-state index contributed by atoms with van der Waals surface area (Å²) in [4.78, 5) is 17.7. The van der Waals surface area contributed by atoms with Crippen LogP contribution in [0, 0.1) is 5.41 Å². The van der Waals surface area contributed by atoms with E-state index in [9.17, 15) is 4.79 Å². The van der Waals surface area contributed by atoms with E-state index in [4.69, 9.17) is 5.41 Å². The van der Waals surface area contributed by atoms with Gasteiger partial charge in [-0.2, -0.15) is 0 Å². The van der Waals surface area contributed by atoms with Crippen molar-refractivity contribution in [3.05, 3.63) is 30.1 Å². The summed E-state index contributed by atoms with van der Waals surface area (Å²) in [6.07, 6.45) is 1.49. The van der Waals surface area contributed by atoms with Gasteiger partial charge >= 0.3 is 5.91 Å². The minimum absolute atomic E-state index is 0.229. The van der Waals surface area contributed by atoms with Crippen LogP contribution in [0.25, 0.3) is 0 Å². The topological polar surface area (TPSA) is 66.2 Å². The fourth-order valence-electron chi connectivity index (χ4n) is 0.597. The third-order valence-corrected chi connectivity index (χ3v) is 1.04. The molecule has 0 atom stereocenters. The Morgan fingerprint density at radius 1 is 1.64 bits per heavy atom. The minimum atomic E-state index is -0.541. The van der Waals surface area contributed by atoms with Crippen LogP contribution in [0.2, 0.25) is 0 Å². The van der Waals surface area contributed by atoms with Crippen LogP contribution in [0.4, 0.5) is 0 Å². The summed E-state index contributed by atoms with van der Waals surface area (Å²) in [5, 5.41) is 6.42. The molecule has 1 aromatic rings. The van der Waals surface area contributed by atoms with E-state index in [-0.39, 0.29) is 5.69 Å². The summed E-state index contributed by atoms with van der Waals surface area (Å²) >= 11 is 0. The molecule has 11 heavy (non-hydrogen) atoms. The molecule has 0 aliphatic carbocycles. The number of carbonyl (C=O) groups excluding carboxylic acids is 1. The first-order valence-corrected chi connectivity index (χ1v) is 2.92. The minimum Gasteiger partial charge on any atom is -0.264 e. The van der Waals surface area contributed by atoms with Gasteiger partial charge in [-0.3, -0.25) is 9.78 Å². The van der Waals surface area contributed by atoms with Gasteiger partial charge in [0.25, 0.3) is 0 Å². The highest BCUT2D eigenvalue weighted by Gasteiger charge is 2.01. The molecule has 0 aromatic carbocycles. The van der Waals surface area contributed by atoms with Gasteiger partial charge in [0.1, 0.15) is 5.69 Å². The SMILES string of the molecule is N=C=NC(=O)c1ccccn1. The maximum atomic E-state index is 10.8. The van der Waals surface area contributed by atoms with Crippen LogP contribution >= 0.6 is 0 Å². The lowest BCUT2D eigenvalue weighted by molar-refractivity contribution is 0.0999. The molecule has 0 radical (unpaired) electrons. The van der Waals surface area contributed by atoms with E-state index in [0.717, 1.165) is 0 Å². The predicted molar refractivity (Wildman–Crippen MR) is 38.7 cm³/mol. The maximum Gasteiger partial charge on any atom is 0.304 e. The second kappa shape index (κ2) is 3.39. The lowest BCUT2D eigenvalue weighted by Gasteiger charge is -1.88. The predicted octanol–water partition coefficient (Wildman–Crippen LogP) is 0.974. The molecular formula is C7H5N3O. The average Bonchev–Trinajstić information content (AvgIpc) is 2.07. The number of carbonyl (C=O) groups is 1. The number of hydrogen-bond acceptors (Lipinski definition) is 3. The Morgan fingerprint density at radius 3 is 3.00 bits per heavy atom. The Kier molecular flexibility index (Phi) is 2.25. The van der Waals surface area contributed by atoms with Crippen molar-refractivity contribution >= 4 is 11.9 Å². The first-order valence-electron chi connectivity index (χ1n) is 2.92. The summed E-state index contributed by atoms with van der Waals surface area (Å²) in [7, 11) is 0. The lowest BCUT2D eigenvalue weighted by Crippen LogP contribution is -1.96. The molecule has 0 aliphatic heterocycles. The van der Waals surface area contributed by atoms with Gasteiger partial charge in [0.15, 0.2) is 0 Å². The maximum absolute atomic E-state index is 10.8. The van der Waals surface area contributed by atoms with Gasteiger partial charge in [-0.05, 0) is 12.1 Å². The highest BCUT2D eigenvalue weighted by molar-refractivity contribution is 5.95. The molecule has 0 aliphatic rings. The number of aromatic nitrogens is 1. The number of nitrogens with zero attached hydrogens (tertiary/aromatic N) is 2. The van der Waals surface area contributed by atoms with Crippen LogP contribution in [0.5, 0.6) is 0 Å². The third kappa shape index (κ3) is 1.81. The van der Waals surface area contributed by atoms with Crippen LogP contribution in [0.3, 0.4) is 0 Å². The molecule has 4 nitrogen and oxygen atoms in total. The Hall–Kier alpha value is -1.80. The van der Waals surface area contributed by atoms with Crippen molar-refractivity contribution in [3.8, 4) is 0 Å². The fraction of sp³-hybridized carbons (Fsp3) is 0. The lowest BCUT2D eigenvalue weighted by atomic mass is 10.3. The highest BCUT2D eigenvalue weighted by atomic mass is 16.1. The molecule has 1 amide bonds. The summed E-state index contributed by atoms with van der Waals surface area (Å²) < 4.78 is 0. The van der Waals surface area contributed by atoms with Crippen LogP contribution < -0.4 is 0 Å². The number of rotatable bonds is 1. The highest BCUT2D eigenvalue weighted by Crippen LogP contribution is 1.94. The van der Waals surface area contributed by atoms with Crippen molar-refractivity contribution in [2.75, 3.05) is 0 Å². The van der Waals surface area contributed by atoms with Gasteiger partial charge < -0.3 is 0 Å². The van der Waals surface area contributed by atoms with Crippen LogP contribution in [-0.2, 0) is 0 Å². The Balaban J connectivity index is 2.94. The molecular weight excluding hydrogens is 142 g/mol. The zero-order valence-electron chi connectivity index (χ0n) is 5.61. The monoisotopic (exact) mass is 147 g/mol. The molecule has 0 spiro atoms. The zero-order chi connectivity index (χ0) is 8.10. The van der Waals surface area contributed by atoms with E-state index in [1.165, 1.54) is 12.3 Å². The number of nitrogens with one attached hydrogen (secondary N) is 1. The number of aliphatic imine (C=N–C) groups is 1. The molecule has 0 bridgehead atoms. The van der Waals surface area contributed by atoms with Crippen LogP contribution in [-0.4, -0.2) is 16.9 Å². The largest absolute Gasteiger partial charge is 0.304 e. The number of amides is 1. The molecule has 1 aromatic heterocycles. The van der Waals surface area contributed by atoms with Crippen molar-refractivity contribution in [2.45, 2.75) is 0 Å². The molecule has 54 valence electrons. The van der Waals surface area contributed by atoms with Gasteiger partial charge in [0.05, 0.1) is 6.01 Å². The van der Waals surface area contributed by atoms with Crippen molar-refractivity contribution in [3.63, 3.8) is 0 Å². The van der Waals surface area contributed by atoms with Crippen LogP contribution in [0.15, 0.2) is 29.4 Å². The first-order chi connectivity index (χ1) is 5.34. The smallest absolute Gasteiger partial charge is 0.264 e. The van der Waals surface area contributed by atoms with E-state index in [1.54, 1.807) is 18.1 Å². The van der Waals surface area contributed by atoms with Gasteiger partial charge in [-0.15, -0.1) is 4.99 Å². The molecule has 0 unspecified atom stereocenters. The summed E-state index contributed by atoms with van der Waals surface area (Å²) in [6, 6.07) is 6.56. The van der Waals surface area contributed by atoms with Crippen molar-refractivity contribution in [2.24, 2.45) is 4.99 Å². The van der Waals surface area contributed by atoms with Gasteiger partial charge in [-0.1, -0.05) is 6.07 Å². The fourth-order valence-corrected chi connectivity index (χ4v) is 0.597. The average molecular weight is 147 g/mol. The Morgan fingerprint density at radius 2 is 2.45 bits per heavy atom. The molecule has 0 fully saturated rings. The van der Waals surface area contributed by atoms with E-state index >= 15 is 0 Å². The van der Waals surface area contributed by atoms with E-state index < -0.39 is 5.91 Å². The summed E-state index contributed by atoms with van der Waals surface area (Å²) in [6.45, 7) is 0. The zero-order valence-corrected chi connectivity index (χ0v) is 5.61. The van der Waals surface area contributed by atoms with Gasteiger partial charge in [0, 0.05) is 6.20 Å². The molecule has 1 rings (SSSR count). The number of hydrogen-bond donors (Lipinski definition) is 1. The Labute approximate surface area is 63.1 Å². The van der Waals surface area contributed by atoms with Crippen molar-refractivity contribution in [1.82, 2.24) is 4.98 Å². The normalized spacial score (nSPS) is 8.36. The van der Waals surface area contributed by atoms with E-state index in [0.29, 0.717) is 0 Å². The van der Waals surface area contributed by atoms with Gasteiger partial charge in [0.2, 0.25) is 0 Å². The number of pyridine rings is 1. The third-order valence-electron chi connectivity index (χ3n) is 1.04. The molecule has 0 saturated heterocycles. The molecule has 1 N–H and O–H groups in total. The standard InChI is InChI=1S/C7H5N3O/c8-5-10-7(11)6-3-1-2-4-9-6/h1-4,8H. The molecule has 4 heteroatoms. The Bertz CT molecular complexity index is 301. The van der Waals surface area contributed by atoms with E-state index in [2.05, 4.69) is 9.98 Å². The van der Waals surface area contributed by atoms with Crippen LogP contribution in [0.1, 0.15) is 10.5 Å². The summed E-state index contributed by atoms with van der Waals surface area (Å²) in [5.74, 6) is -0.541. The second-order valence-electron chi connectivity index (χ2n) is 1.74. The van der Waals surface area contributed by atoms with Crippen molar-refractivity contribution < 1.29 is 4.79 Å². The first kappa shape index (κ1) is 7.31. The molecule has 1 heterocycles. The van der Waals surface area contributed by atoms with E-state index in [1.807, 2.05) is 0 Å². The second-order valence-corrected chi connectivity index (χ2v) is 1.74. The van der Waals surface area contributed by atoms with Gasteiger partial charge in [-0.25, -0.2) is 5.41 Å². The quantitative estimate of drug-likeness (QED) is 0.601. The molecule has 0 saturated carbocycles. The summed E-state index contributed by atoms with van der Waals surface area (Å²) in [5.41, 5.74) is 0.229.